The molecule has 0 aromatic carbocycles. The third-order valence-electron chi connectivity index (χ3n) is 3.56. The zero-order valence-corrected chi connectivity index (χ0v) is 10.9. The number of thiophene rings is 1. The van der Waals surface area contributed by atoms with Gasteiger partial charge in [0.05, 0.1) is 5.41 Å². The number of nitrogens with two attached hydrogens (primary N) is 1. The van der Waals surface area contributed by atoms with E-state index in [4.69, 9.17) is 5.73 Å². The van der Waals surface area contributed by atoms with Crippen molar-refractivity contribution in [3.8, 4) is 0 Å². The highest BCUT2D eigenvalue weighted by atomic mass is 32.1. The van der Waals surface area contributed by atoms with Gasteiger partial charge in [0.2, 0.25) is 5.91 Å². The van der Waals surface area contributed by atoms with Crippen LogP contribution < -0.4 is 5.73 Å². The number of nitrogens with zero attached hydrogens (tertiary/aromatic N) is 1. The number of likely N-dealkylation sites (N-methyl/N-ethyl adjacent to an activating group) is 1. The highest BCUT2D eigenvalue weighted by molar-refractivity contribution is 7.08. The fourth-order valence-corrected chi connectivity index (χ4v) is 3.23. The Morgan fingerprint density at radius 3 is 3.06 bits per heavy atom. The second-order valence-electron chi connectivity index (χ2n) is 4.59. The minimum Gasteiger partial charge on any atom is -0.341 e. The van der Waals surface area contributed by atoms with Crippen molar-refractivity contribution in [2.75, 3.05) is 20.1 Å². The molecule has 1 aromatic heterocycles. The van der Waals surface area contributed by atoms with Crippen LogP contribution in [0.2, 0.25) is 0 Å². The van der Waals surface area contributed by atoms with Crippen molar-refractivity contribution in [3.05, 3.63) is 35.0 Å². The summed E-state index contributed by atoms with van der Waals surface area (Å²) in [5.74, 6) is 0.461. The zero-order chi connectivity index (χ0) is 12.5. The van der Waals surface area contributed by atoms with Crippen molar-refractivity contribution >= 4 is 17.2 Å². The van der Waals surface area contributed by atoms with Gasteiger partial charge in [-0.05, 0) is 41.3 Å². The summed E-state index contributed by atoms with van der Waals surface area (Å²) < 4.78 is 0. The predicted molar refractivity (Wildman–Crippen MR) is 71.0 cm³/mol. The van der Waals surface area contributed by atoms with Crippen molar-refractivity contribution < 1.29 is 4.79 Å². The standard InChI is InChI=1S/C13H18N2OS/c1-3-5-15(2)12(16)13(7-11(13)8-14)10-4-6-17-9-10/h3-4,6,9,11H,1,5,7-8,14H2,2H3/t11-,13+/m0/s1. The van der Waals surface area contributed by atoms with Gasteiger partial charge in [0.1, 0.15) is 0 Å². The van der Waals surface area contributed by atoms with Gasteiger partial charge in [0, 0.05) is 13.6 Å². The van der Waals surface area contributed by atoms with E-state index >= 15 is 0 Å². The van der Waals surface area contributed by atoms with E-state index in [0.29, 0.717) is 13.1 Å². The van der Waals surface area contributed by atoms with Crippen LogP contribution in [0.4, 0.5) is 0 Å². The number of hydrogen-bond donors (Lipinski definition) is 1. The van der Waals surface area contributed by atoms with Gasteiger partial charge in [-0.2, -0.15) is 11.3 Å². The molecule has 1 aliphatic carbocycles. The molecule has 0 unspecified atom stereocenters. The fraction of sp³-hybridized carbons (Fsp3) is 0.462. The van der Waals surface area contributed by atoms with E-state index in [1.165, 1.54) is 0 Å². The van der Waals surface area contributed by atoms with Crippen LogP contribution in [0.3, 0.4) is 0 Å². The lowest BCUT2D eigenvalue weighted by atomic mass is 9.94. The largest absolute Gasteiger partial charge is 0.341 e. The SMILES string of the molecule is C=CCN(C)C(=O)[C@@]1(c2ccsc2)C[C@H]1CN. The maximum absolute atomic E-state index is 12.5. The molecule has 0 aliphatic heterocycles. The number of hydrogen-bond acceptors (Lipinski definition) is 3. The first-order valence-electron chi connectivity index (χ1n) is 5.76. The molecular formula is C13H18N2OS. The first kappa shape index (κ1) is 12.3. The molecule has 1 amide bonds. The first-order chi connectivity index (χ1) is 8.16. The molecule has 2 N–H and O–H groups in total. The molecule has 92 valence electrons. The van der Waals surface area contributed by atoms with Crippen LogP contribution in [0.5, 0.6) is 0 Å². The second kappa shape index (κ2) is 4.63. The summed E-state index contributed by atoms with van der Waals surface area (Å²) in [5, 5.41) is 4.08. The Labute approximate surface area is 106 Å². The van der Waals surface area contributed by atoms with Crippen molar-refractivity contribution in [2.45, 2.75) is 11.8 Å². The van der Waals surface area contributed by atoms with Crippen molar-refractivity contribution in [1.82, 2.24) is 4.90 Å². The lowest BCUT2D eigenvalue weighted by molar-refractivity contribution is -0.132. The maximum Gasteiger partial charge on any atom is 0.233 e. The fourth-order valence-electron chi connectivity index (χ4n) is 2.49. The molecule has 4 heteroatoms. The molecule has 1 aliphatic rings. The van der Waals surface area contributed by atoms with Crippen molar-refractivity contribution in [2.24, 2.45) is 11.7 Å². The predicted octanol–water partition coefficient (Wildman–Crippen LogP) is 1.61. The highest BCUT2D eigenvalue weighted by Gasteiger charge is 2.61. The molecule has 0 radical (unpaired) electrons. The number of amides is 1. The highest BCUT2D eigenvalue weighted by Crippen LogP contribution is 2.55. The average molecular weight is 250 g/mol. The molecular weight excluding hydrogens is 232 g/mol. The van der Waals surface area contributed by atoms with E-state index < -0.39 is 0 Å². The van der Waals surface area contributed by atoms with Crippen molar-refractivity contribution in [3.63, 3.8) is 0 Å². The van der Waals surface area contributed by atoms with E-state index in [1.54, 1.807) is 22.3 Å². The van der Waals surface area contributed by atoms with Crippen LogP contribution in [-0.4, -0.2) is 30.9 Å². The quantitative estimate of drug-likeness (QED) is 0.807. The molecule has 2 atom stereocenters. The second-order valence-corrected chi connectivity index (χ2v) is 5.37. The Balaban J connectivity index is 2.25. The molecule has 17 heavy (non-hydrogen) atoms. The molecule has 3 nitrogen and oxygen atoms in total. The number of carbonyl (C=O) groups excluding carboxylic acids is 1. The molecule has 1 aromatic rings. The van der Waals surface area contributed by atoms with Gasteiger partial charge >= 0.3 is 0 Å². The molecule has 2 rings (SSSR count). The summed E-state index contributed by atoms with van der Waals surface area (Å²) in [5.41, 5.74) is 6.51. The third kappa shape index (κ3) is 1.91. The van der Waals surface area contributed by atoms with E-state index in [-0.39, 0.29) is 17.2 Å². The smallest absolute Gasteiger partial charge is 0.233 e. The van der Waals surface area contributed by atoms with E-state index in [9.17, 15) is 4.79 Å². The molecule has 0 spiro atoms. The van der Waals surface area contributed by atoms with E-state index in [0.717, 1.165) is 12.0 Å². The van der Waals surface area contributed by atoms with Crippen LogP contribution in [0.1, 0.15) is 12.0 Å². The Kier molecular flexibility index (Phi) is 3.35. The van der Waals surface area contributed by atoms with Gasteiger partial charge in [-0.25, -0.2) is 0 Å². The minimum absolute atomic E-state index is 0.172. The van der Waals surface area contributed by atoms with Crippen molar-refractivity contribution in [1.29, 1.82) is 0 Å². The van der Waals surface area contributed by atoms with Gasteiger partial charge in [-0.3, -0.25) is 4.79 Å². The first-order valence-corrected chi connectivity index (χ1v) is 6.70. The van der Waals surface area contributed by atoms with Gasteiger partial charge in [0.25, 0.3) is 0 Å². The summed E-state index contributed by atoms with van der Waals surface area (Å²) in [6.45, 7) is 4.83. The summed E-state index contributed by atoms with van der Waals surface area (Å²) in [6.07, 6.45) is 2.62. The Bertz CT molecular complexity index is 415. The molecule has 0 saturated heterocycles. The summed E-state index contributed by atoms with van der Waals surface area (Å²) in [7, 11) is 1.82. The lowest BCUT2D eigenvalue weighted by Gasteiger charge is -2.23. The molecule has 0 bridgehead atoms. The van der Waals surface area contributed by atoms with Gasteiger partial charge < -0.3 is 10.6 Å². The van der Waals surface area contributed by atoms with Crippen LogP contribution >= 0.6 is 11.3 Å². The average Bonchev–Trinajstić information content (AvgIpc) is 2.81. The van der Waals surface area contributed by atoms with E-state index in [1.807, 2.05) is 18.5 Å². The number of carbonyl (C=O) groups is 1. The normalized spacial score (nSPS) is 26.6. The monoisotopic (exact) mass is 250 g/mol. The topological polar surface area (TPSA) is 46.3 Å². The lowest BCUT2D eigenvalue weighted by Crippen LogP contribution is -2.38. The van der Waals surface area contributed by atoms with Gasteiger partial charge in [0.15, 0.2) is 0 Å². The third-order valence-corrected chi connectivity index (χ3v) is 4.24. The Hall–Kier alpha value is -1.13. The molecule has 1 heterocycles. The maximum atomic E-state index is 12.5. The zero-order valence-electron chi connectivity index (χ0n) is 10.1. The number of rotatable bonds is 5. The minimum atomic E-state index is -0.355. The van der Waals surface area contributed by atoms with Crippen LogP contribution in [0.15, 0.2) is 29.5 Å². The summed E-state index contributed by atoms with van der Waals surface area (Å²) >= 11 is 1.63. The van der Waals surface area contributed by atoms with Crippen LogP contribution in [0.25, 0.3) is 0 Å². The summed E-state index contributed by atoms with van der Waals surface area (Å²) in [6, 6.07) is 2.04. The Morgan fingerprint density at radius 2 is 2.59 bits per heavy atom. The Morgan fingerprint density at radius 1 is 1.82 bits per heavy atom. The van der Waals surface area contributed by atoms with Crippen LogP contribution in [0, 0.1) is 5.92 Å². The van der Waals surface area contributed by atoms with Gasteiger partial charge in [-0.15, -0.1) is 6.58 Å². The molecule has 1 saturated carbocycles. The molecule has 1 fully saturated rings. The van der Waals surface area contributed by atoms with E-state index in [2.05, 4.69) is 12.0 Å². The summed E-state index contributed by atoms with van der Waals surface area (Å²) in [4.78, 5) is 14.2. The van der Waals surface area contributed by atoms with Gasteiger partial charge in [-0.1, -0.05) is 6.08 Å². The van der Waals surface area contributed by atoms with Crippen LogP contribution in [-0.2, 0) is 10.2 Å².